The van der Waals surface area contributed by atoms with Gasteiger partial charge in [-0.2, -0.15) is 5.10 Å². The van der Waals surface area contributed by atoms with Gasteiger partial charge in [-0.1, -0.05) is 12.1 Å². The monoisotopic (exact) mass is 312 g/mol. The van der Waals surface area contributed by atoms with Crippen molar-refractivity contribution in [1.29, 1.82) is 0 Å². The molecule has 0 fully saturated rings. The summed E-state index contributed by atoms with van der Waals surface area (Å²) in [6.07, 6.45) is 2.95. The Hall–Kier alpha value is -3.09. The highest BCUT2D eigenvalue weighted by atomic mass is 19.1. The molecule has 2 heterocycles. The third kappa shape index (κ3) is 3.39. The van der Waals surface area contributed by atoms with Gasteiger partial charge in [0, 0.05) is 18.4 Å². The Bertz CT molecular complexity index is 822. The molecule has 0 atom stereocenters. The number of ketones is 2. The summed E-state index contributed by atoms with van der Waals surface area (Å²) in [6.45, 7) is 0.492. The molecule has 23 heavy (non-hydrogen) atoms. The van der Waals surface area contributed by atoms with Gasteiger partial charge in [0.1, 0.15) is 12.1 Å². The van der Waals surface area contributed by atoms with Crippen molar-refractivity contribution in [3.05, 3.63) is 71.8 Å². The van der Waals surface area contributed by atoms with Gasteiger partial charge in [-0.3, -0.25) is 14.7 Å². The lowest BCUT2D eigenvalue weighted by Gasteiger charge is -2.08. The number of aromatic nitrogens is 4. The second-order valence-electron chi connectivity index (χ2n) is 5.02. The largest absolute Gasteiger partial charge is 0.347 e. The average Bonchev–Trinajstić information content (AvgIpc) is 3.21. The smallest absolute Gasteiger partial charge is 0.265 e. The summed E-state index contributed by atoms with van der Waals surface area (Å²) in [6, 6.07) is 9.70. The Morgan fingerprint density at radius 1 is 1.17 bits per heavy atom. The molecule has 0 saturated carbocycles. The van der Waals surface area contributed by atoms with Gasteiger partial charge < -0.3 is 4.57 Å². The molecule has 6 nitrogen and oxygen atoms in total. The molecule has 7 heteroatoms. The quantitative estimate of drug-likeness (QED) is 0.556. The Morgan fingerprint density at radius 2 is 1.96 bits per heavy atom. The van der Waals surface area contributed by atoms with E-state index in [0.29, 0.717) is 12.2 Å². The molecule has 1 N–H and O–H groups in total. The minimum atomic E-state index is -0.697. The first kappa shape index (κ1) is 14.8. The van der Waals surface area contributed by atoms with Crippen molar-refractivity contribution in [3.8, 4) is 0 Å². The number of H-pyrrole nitrogens is 1. The minimum Gasteiger partial charge on any atom is -0.347 e. The number of benzene rings is 1. The van der Waals surface area contributed by atoms with Crippen LogP contribution < -0.4 is 0 Å². The predicted octanol–water partition coefficient (Wildman–Crippen LogP) is 1.79. The highest BCUT2D eigenvalue weighted by Crippen LogP contribution is 2.10. The van der Waals surface area contributed by atoms with Gasteiger partial charge in [-0.25, -0.2) is 9.37 Å². The zero-order valence-corrected chi connectivity index (χ0v) is 12.1. The van der Waals surface area contributed by atoms with E-state index in [4.69, 9.17) is 0 Å². The maximum absolute atomic E-state index is 12.9. The number of rotatable bonds is 6. The Kier molecular flexibility index (Phi) is 4.09. The molecule has 0 bridgehead atoms. The van der Waals surface area contributed by atoms with Crippen LogP contribution in [0, 0.1) is 5.82 Å². The van der Waals surface area contributed by atoms with Crippen LogP contribution in [0.5, 0.6) is 0 Å². The number of hydrogen-bond donors (Lipinski definition) is 1. The number of nitrogens with one attached hydrogen (secondary N) is 1. The van der Waals surface area contributed by atoms with Gasteiger partial charge in [0.2, 0.25) is 5.78 Å². The van der Waals surface area contributed by atoms with Gasteiger partial charge in [0.25, 0.3) is 5.78 Å². The maximum atomic E-state index is 12.9. The summed E-state index contributed by atoms with van der Waals surface area (Å²) in [5, 5.41) is 5.94. The van der Waals surface area contributed by atoms with Crippen molar-refractivity contribution < 1.29 is 14.0 Å². The molecule has 3 aromatic rings. The minimum absolute atomic E-state index is 0.0340. The van der Waals surface area contributed by atoms with Gasteiger partial charge in [0.05, 0.1) is 6.42 Å². The number of aromatic amines is 1. The average molecular weight is 312 g/mol. The molecule has 0 aliphatic carbocycles. The van der Waals surface area contributed by atoms with Crippen LogP contribution in [0.15, 0.2) is 48.9 Å². The van der Waals surface area contributed by atoms with Crippen LogP contribution in [0.1, 0.15) is 21.9 Å². The number of hydrogen-bond acceptors (Lipinski definition) is 4. The van der Waals surface area contributed by atoms with Crippen LogP contribution in [-0.4, -0.2) is 31.3 Å². The number of carbonyl (C=O) groups is 2. The second-order valence-corrected chi connectivity index (χ2v) is 5.02. The van der Waals surface area contributed by atoms with E-state index in [2.05, 4.69) is 15.2 Å². The lowest BCUT2D eigenvalue weighted by atomic mass is 10.1. The van der Waals surface area contributed by atoms with E-state index in [-0.39, 0.29) is 18.1 Å². The van der Waals surface area contributed by atoms with Gasteiger partial charge in [-0.05, 0) is 29.8 Å². The van der Waals surface area contributed by atoms with E-state index in [0.717, 1.165) is 5.56 Å². The van der Waals surface area contributed by atoms with E-state index in [1.54, 1.807) is 24.3 Å². The Morgan fingerprint density at radius 3 is 2.65 bits per heavy atom. The van der Waals surface area contributed by atoms with Crippen LogP contribution in [-0.2, 0) is 17.8 Å². The van der Waals surface area contributed by atoms with E-state index >= 15 is 0 Å². The van der Waals surface area contributed by atoms with Crippen molar-refractivity contribution in [2.24, 2.45) is 0 Å². The lowest BCUT2D eigenvalue weighted by Crippen LogP contribution is -2.20. The van der Waals surface area contributed by atoms with Gasteiger partial charge in [-0.15, -0.1) is 0 Å². The Balaban J connectivity index is 1.72. The zero-order valence-electron chi connectivity index (χ0n) is 12.1. The summed E-state index contributed by atoms with van der Waals surface area (Å²) in [7, 11) is 0. The normalized spacial score (nSPS) is 10.7. The van der Waals surface area contributed by atoms with Crippen molar-refractivity contribution in [2.75, 3.05) is 0 Å². The SMILES string of the molecule is O=C(Cc1cccn1Cc1ccc(F)cc1)C(=O)c1ncn[nH]1. The highest BCUT2D eigenvalue weighted by Gasteiger charge is 2.20. The maximum Gasteiger partial charge on any atom is 0.265 e. The number of nitrogens with zero attached hydrogens (tertiary/aromatic N) is 3. The molecule has 116 valence electrons. The summed E-state index contributed by atoms with van der Waals surface area (Å²) < 4.78 is 14.8. The van der Waals surface area contributed by atoms with E-state index in [9.17, 15) is 14.0 Å². The number of halogens is 1. The molecule has 0 amide bonds. The zero-order chi connectivity index (χ0) is 16.2. The molecular weight excluding hydrogens is 299 g/mol. The molecule has 1 aromatic carbocycles. The highest BCUT2D eigenvalue weighted by molar-refractivity contribution is 6.43. The standard InChI is InChI=1S/C16H13FN4O2/c17-12-5-3-11(4-6-12)9-21-7-1-2-13(21)8-14(22)15(23)16-18-10-19-20-16/h1-7,10H,8-9H2,(H,18,19,20). The van der Waals surface area contributed by atoms with Crippen molar-refractivity contribution >= 4 is 11.6 Å². The van der Waals surface area contributed by atoms with Crippen molar-refractivity contribution in [1.82, 2.24) is 19.7 Å². The summed E-state index contributed by atoms with van der Waals surface area (Å²) in [4.78, 5) is 27.6. The summed E-state index contributed by atoms with van der Waals surface area (Å²) in [5.41, 5.74) is 1.60. The van der Waals surface area contributed by atoms with E-state index < -0.39 is 11.6 Å². The summed E-state index contributed by atoms with van der Waals surface area (Å²) in [5.74, 6) is -1.63. The molecule has 3 rings (SSSR count). The van der Waals surface area contributed by atoms with Crippen LogP contribution >= 0.6 is 0 Å². The molecule has 0 radical (unpaired) electrons. The topological polar surface area (TPSA) is 80.6 Å². The molecule has 0 aliphatic rings. The van der Waals surface area contributed by atoms with Crippen molar-refractivity contribution in [3.63, 3.8) is 0 Å². The fraction of sp³-hybridized carbons (Fsp3) is 0.125. The van der Waals surface area contributed by atoms with Gasteiger partial charge in [0.15, 0.2) is 5.82 Å². The predicted molar refractivity (Wildman–Crippen MR) is 79.4 cm³/mol. The van der Waals surface area contributed by atoms with Crippen LogP contribution in [0.3, 0.4) is 0 Å². The fourth-order valence-electron chi connectivity index (χ4n) is 2.24. The molecule has 0 spiro atoms. The van der Waals surface area contributed by atoms with Crippen LogP contribution in [0.4, 0.5) is 4.39 Å². The summed E-state index contributed by atoms with van der Waals surface area (Å²) >= 11 is 0. The van der Waals surface area contributed by atoms with Crippen LogP contribution in [0.2, 0.25) is 0 Å². The third-order valence-electron chi connectivity index (χ3n) is 3.41. The second kappa shape index (κ2) is 6.35. The van der Waals surface area contributed by atoms with E-state index in [1.165, 1.54) is 18.5 Å². The van der Waals surface area contributed by atoms with Crippen LogP contribution in [0.25, 0.3) is 0 Å². The third-order valence-corrected chi connectivity index (χ3v) is 3.41. The molecular formula is C16H13FN4O2. The first-order chi connectivity index (χ1) is 11.1. The lowest BCUT2D eigenvalue weighted by molar-refractivity contribution is -0.114. The van der Waals surface area contributed by atoms with Gasteiger partial charge >= 0.3 is 0 Å². The first-order valence-electron chi connectivity index (χ1n) is 6.95. The number of Topliss-reactive ketones (excluding diaryl/α,β-unsaturated/α-hetero) is 2. The first-order valence-corrected chi connectivity index (χ1v) is 6.95. The molecule has 2 aromatic heterocycles. The Labute approximate surface area is 131 Å². The molecule has 0 aliphatic heterocycles. The molecule has 0 saturated heterocycles. The number of carbonyl (C=O) groups excluding carboxylic acids is 2. The molecule has 0 unspecified atom stereocenters. The van der Waals surface area contributed by atoms with Crippen molar-refractivity contribution in [2.45, 2.75) is 13.0 Å². The van der Waals surface area contributed by atoms with E-state index in [1.807, 2.05) is 10.8 Å². The fourth-order valence-corrected chi connectivity index (χ4v) is 2.24.